The van der Waals surface area contributed by atoms with Gasteiger partial charge in [-0.3, -0.25) is 9.00 Å². The zero-order chi connectivity index (χ0) is 19.1. The number of nitrogens with one attached hydrogen (secondary N) is 1. The van der Waals surface area contributed by atoms with Crippen molar-refractivity contribution in [1.29, 1.82) is 0 Å². The fraction of sp³-hybridized carbons (Fsp3) is 0.300. The first-order valence-electron chi connectivity index (χ1n) is 8.54. The fourth-order valence-electron chi connectivity index (χ4n) is 2.33. The Hall–Kier alpha value is -2.47. The van der Waals surface area contributed by atoms with Crippen LogP contribution < -0.4 is 5.32 Å². The number of hydrogen-bond acceptors (Lipinski definition) is 4. The molecule has 0 aliphatic heterocycles. The molecule has 138 valence electrons. The average Bonchev–Trinajstić information content (AvgIpc) is 2.67. The van der Waals surface area contributed by atoms with Crippen LogP contribution in [-0.4, -0.2) is 27.9 Å². The molecule has 6 heteroatoms. The standard InChI is InChI=1S/C20H23NO4S/c1-4-15-10-12-16(13-11-15)21-19(22)14(3)25-20(23)17-8-6-7-9-18(17)26(24)5-2/h6-14H,4-5H2,1-3H3,(H,21,22)/t14-,26-/m0/s1. The zero-order valence-corrected chi connectivity index (χ0v) is 16.0. The molecule has 0 saturated heterocycles. The van der Waals surface area contributed by atoms with E-state index in [-0.39, 0.29) is 5.56 Å². The van der Waals surface area contributed by atoms with Gasteiger partial charge in [-0.15, -0.1) is 0 Å². The second-order valence-corrected chi connectivity index (χ2v) is 7.43. The van der Waals surface area contributed by atoms with Crippen molar-refractivity contribution in [2.75, 3.05) is 11.1 Å². The maximum absolute atomic E-state index is 12.4. The van der Waals surface area contributed by atoms with Crippen LogP contribution in [0.5, 0.6) is 0 Å². The smallest absolute Gasteiger partial charge is 0.340 e. The second-order valence-electron chi connectivity index (χ2n) is 5.72. The Kier molecular flexibility index (Phi) is 7.09. The van der Waals surface area contributed by atoms with Gasteiger partial charge in [-0.05, 0) is 43.2 Å². The van der Waals surface area contributed by atoms with E-state index in [0.29, 0.717) is 16.3 Å². The molecule has 0 bridgehead atoms. The van der Waals surface area contributed by atoms with Crippen molar-refractivity contribution >= 4 is 28.4 Å². The molecule has 1 amide bonds. The van der Waals surface area contributed by atoms with E-state index in [1.54, 1.807) is 31.2 Å². The molecule has 0 heterocycles. The molecule has 2 rings (SSSR count). The van der Waals surface area contributed by atoms with Crippen LogP contribution in [0.25, 0.3) is 0 Å². The molecule has 0 spiro atoms. The number of carbonyl (C=O) groups excluding carboxylic acids is 2. The minimum atomic E-state index is -1.28. The lowest BCUT2D eigenvalue weighted by atomic mass is 10.1. The number of benzene rings is 2. The summed E-state index contributed by atoms with van der Waals surface area (Å²) in [6.07, 6.45) is -0.0580. The summed E-state index contributed by atoms with van der Waals surface area (Å²) in [7, 11) is -1.28. The van der Waals surface area contributed by atoms with Crippen LogP contribution in [-0.2, 0) is 26.8 Å². The Labute approximate surface area is 156 Å². The normalized spacial score (nSPS) is 12.9. The lowest BCUT2D eigenvalue weighted by Crippen LogP contribution is -2.30. The van der Waals surface area contributed by atoms with Gasteiger partial charge in [-0.25, -0.2) is 4.79 Å². The average molecular weight is 373 g/mol. The Morgan fingerprint density at radius 1 is 1.08 bits per heavy atom. The van der Waals surface area contributed by atoms with Crippen LogP contribution >= 0.6 is 0 Å². The molecule has 0 fully saturated rings. The number of anilines is 1. The Balaban J connectivity index is 2.04. The molecular weight excluding hydrogens is 350 g/mol. The van der Waals surface area contributed by atoms with Crippen molar-refractivity contribution in [3.05, 3.63) is 59.7 Å². The van der Waals surface area contributed by atoms with Gasteiger partial charge >= 0.3 is 5.97 Å². The summed E-state index contributed by atoms with van der Waals surface area (Å²) in [5.41, 5.74) is 2.03. The molecule has 1 N–H and O–H groups in total. The van der Waals surface area contributed by atoms with Gasteiger partial charge in [-0.1, -0.05) is 38.1 Å². The van der Waals surface area contributed by atoms with E-state index in [2.05, 4.69) is 12.2 Å². The van der Waals surface area contributed by atoms with Gasteiger partial charge in [0.05, 0.1) is 21.3 Å². The fourth-order valence-corrected chi connectivity index (χ4v) is 3.27. The Morgan fingerprint density at radius 2 is 1.73 bits per heavy atom. The van der Waals surface area contributed by atoms with Crippen molar-refractivity contribution in [3.8, 4) is 0 Å². The van der Waals surface area contributed by atoms with Crippen molar-refractivity contribution in [3.63, 3.8) is 0 Å². The number of amides is 1. The molecule has 5 nitrogen and oxygen atoms in total. The zero-order valence-electron chi connectivity index (χ0n) is 15.2. The monoisotopic (exact) mass is 373 g/mol. The van der Waals surface area contributed by atoms with E-state index >= 15 is 0 Å². The molecule has 0 radical (unpaired) electrons. The predicted molar refractivity (Wildman–Crippen MR) is 103 cm³/mol. The minimum Gasteiger partial charge on any atom is -0.449 e. The first kappa shape index (κ1) is 19.8. The summed E-state index contributed by atoms with van der Waals surface area (Å²) < 4.78 is 17.3. The van der Waals surface area contributed by atoms with Crippen LogP contribution in [0.2, 0.25) is 0 Å². The third kappa shape index (κ3) is 5.02. The van der Waals surface area contributed by atoms with E-state index in [9.17, 15) is 13.8 Å². The van der Waals surface area contributed by atoms with Gasteiger partial charge in [0.25, 0.3) is 5.91 Å². The van der Waals surface area contributed by atoms with Crippen molar-refractivity contribution in [2.45, 2.75) is 38.2 Å². The molecule has 0 saturated carbocycles. The van der Waals surface area contributed by atoms with Crippen LogP contribution in [0.15, 0.2) is 53.4 Å². The Bertz CT molecular complexity index is 802. The molecule has 2 aromatic rings. The van der Waals surface area contributed by atoms with E-state index in [4.69, 9.17) is 4.74 Å². The molecular formula is C20H23NO4S. The molecule has 26 heavy (non-hydrogen) atoms. The summed E-state index contributed by atoms with van der Waals surface area (Å²) in [5.74, 6) is -0.684. The third-order valence-electron chi connectivity index (χ3n) is 3.90. The SMILES string of the molecule is CCc1ccc(NC(=O)[C@H](C)OC(=O)c2ccccc2[S@@](=O)CC)cc1. The van der Waals surface area contributed by atoms with Crippen molar-refractivity contribution in [1.82, 2.24) is 0 Å². The van der Waals surface area contributed by atoms with E-state index in [1.165, 1.54) is 12.5 Å². The highest BCUT2D eigenvalue weighted by molar-refractivity contribution is 7.85. The highest BCUT2D eigenvalue weighted by Crippen LogP contribution is 2.16. The van der Waals surface area contributed by atoms with E-state index in [1.807, 2.05) is 24.3 Å². The molecule has 2 aromatic carbocycles. The van der Waals surface area contributed by atoms with Crippen molar-refractivity contribution in [2.24, 2.45) is 0 Å². The molecule has 0 aliphatic carbocycles. The number of hydrogen-bond donors (Lipinski definition) is 1. The molecule has 2 atom stereocenters. The number of esters is 1. The van der Waals surface area contributed by atoms with Gasteiger partial charge in [0.2, 0.25) is 0 Å². The first-order chi connectivity index (χ1) is 12.5. The second kappa shape index (κ2) is 9.29. The molecule has 0 aliphatic rings. The summed E-state index contributed by atoms with van der Waals surface area (Å²) in [6, 6.07) is 14.1. The highest BCUT2D eigenvalue weighted by atomic mass is 32.2. The number of rotatable bonds is 7. The summed E-state index contributed by atoms with van der Waals surface area (Å²) in [5, 5.41) is 2.72. The van der Waals surface area contributed by atoms with E-state index < -0.39 is 28.8 Å². The van der Waals surface area contributed by atoms with Crippen LogP contribution in [0.3, 0.4) is 0 Å². The van der Waals surface area contributed by atoms with Crippen molar-refractivity contribution < 1.29 is 18.5 Å². The molecule has 0 aromatic heterocycles. The molecule has 0 unspecified atom stereocenters. The van der Waals surface area contributed by atoms with Gasteiger partial charge in [0, 0.05) is 11.4 Å². The van der Waals surface area contributed by atoms with Crippen LogP contribution in [0.1, 0.15) is 36.7 Å². The topological polar surface area (TPSA) is 72.5 Å². The summed E-state index contributed by atoms with van der Waals surface area (Å²) in [6.45, 7) is 5.34. The van der Waals surface area contributed by atoms with E-state index in [0.717, 1.165) is 6.42 Å². The lowest BCUT2D eigenvalue weighted by molar-refractivity contribution is -0.123. The maximum Gasteiger partial charge on any atom is 0.340 e. The highest BCUT2D eigenvalue weighted by Gasteiger charge is 2.22. The summed E-state index contributed by atoms with van der Waals surface area (Å²) in [4.78, 5) is 25.1. The third-order valence-corrected chi connectivity index (χ3v) is 5.27. The van der Waals surface area contributed by atoms with Gasteiger partial charge in [-0.2, -0.15) is 0 Å². The Morgan fingerprint density at radius 3 is 2.35 bits per heavy atom. The largest absolute Gasteiger partial charge is 0.449 e. The maximum atomic E-state index is 12.4. The summed E-state index contributed by atoms with van der Waals surface area (Å²) >= 11 is 0. The lowest BCUT2D eigenvalue weighted by Gasteiger charge is -2.15. The quantitative estimate of drug-likeness (QED) is 0.753. The van der Waals surface area contributed by atoms with Crippen LogP contribution in [0.4, 0.5) is 5.69 Å². The number of ether oxygens (including phenoxy) is 1. The van der Waals surface area contributed by atoms with Gasteiger partial charge in [0.15, 0.2) is 6.10 Å². The number of aryl methyl sites for hydroxylation is 1. The number of carbonyl (C=O) groups is 2. The minimum absolute atomic E-state index is 0.222. The van der Waals surface area contributed by atoms with Gasteiger partial charge < -0.3 is 10.1 Å². The predicted octanol–water partition coefficient (Wildman–Crippen LogP) is 3.56. The first-order valence-corrected chi connectivity index (χ1v) is 9.86. The van der Waals surface area contributed by atoms with Gasteiger partial charge in [0.1, 0.15) is 0 Å². The van der Waals surface area contributed by atoms with Crippen LogP contribution in [0, 0.1) is 0 Å².